The molecule has 27 heavy (non-hydrogen) atoms. The van der Waals surface area contributed by atoms with Gasteiger partial charge < -0.3 is 15.2 Å². The van der Waals surface area contributed by atoms with Crippen molar-refractivity contribution in [1.82, 2.24) is 9.78 Å². The Labute approximate surface area is 160 Å². The number of aromatic carboxylic acids is 1. The number of carbonyl (C=O) groups excluding carboxylic acids is 2. The average molecular weight is 391 g/mol. The monoisotopic (exact) mass is 391 g/mol. The van der Waals surface area contributed by atoms with E-state index in [4.69, 9.17) is 9.84 Å². The lowest BCUT2D eigenvalue weighted by atomic mass is 10.1. The molecule has 2 N–H and O–H groups in total. The number of ether oxygens (including phenoxy) is 1. The van der Waals surface area contributed by atoms with Crippen molar-refractivity contribution in [1.29, 1.82) is 0 Å². The molecule has 0 radical (unpaired) electrons. The van der Waals surface area contributed by atoms with E-state index in [1.807, 2.05) is 0 Å². The molecule has 0 fully saturated rings. The number of rotatable bonds is 6. The number of aryl methyl sites for hydroxylation is 1. The molecule has 1 aliphatic carbocycles. The molecule has 0 aromatic carbocycles. The van der Waals surface area contributed by atoms with Crippen molar-refractivity contribution in [2.24, 2.45) is 0 Å². The van der Waals surface area contributed by atoms with Crippen LogP contribution in [0.25, 0.3) is 0 Å². The second kappa shape index (κ2) is 8.34. The van der Waals surface area contributed by atoms with E-state index in [0.29, 0.717) is 10.6 Å². The fraction of sp³-hybridized carbons (Fsp3) is 0.444. The molecule has 3 rings (SSSR count). The van der Waals surface area contributed by atoms with E-state index in [-0.39, 0.29) is 18.8 Å². The SMILES string of the molecule is CCOC(=O)c1c(NC(=O)Cn2nccc2C(=O)O)sc2c1CCCCC2. The average Bonchev–Trinajstić information content (AvgIpc) is 3.13. The van der Waals surface area contributed by atoms with Crippen LogP contribution in [-0.4, -0.2) is 39.3 Å². The molecule has 1 aliphatic rings. The highest BCUT2D eigenvalue weighted by Gasteiger charge is 2.27. The van der Waals surface area contributed by atoms with Gasteiger partial charge in [0, 0.05) is 11.1 Å². The van der Waals surface area contributed by atoms with Gasteiger partial charge >= 0.3 is 11.9 Å². The molecule has 0 spiro atoms. The Morgan fingerprint density at radius 1 is 1.30 bits per heavy atom. The van der Waals surface area contributed by atoms with Crippen LogP contribution in [0, 0.1) is 0 Å². The lowest BCUT2D eigenvalue weighted by Crippen LogP contribution is -2.23. The third-order valence-electron chi connectivity index (χ3n) is 4.38. The summed E-state index contributed by atoms with van der Waals surface area (Å²) < 4.78 is 6.30. The van der Waals surface area contributed by atoms with Crippen LogP contribution >= 0.6 is 11.3 Å². The number of anilines is 1. The van der Waals surface area contributed by atoms with E-state index < -0.39 is 17.8 Å². The Hall–Kier alpha value is -2.68. The van der Waals surface area contributed by atoms with Crippen LogP contribution < -0.4 is 5.32 Å². The first-order valence-electron chi connectivity index (χ1n) is 8.87. The number of thiophene rings is 1. The number of nitrogens with one attached hydrogen (secondary N) is 1. The summed E-state index contributed by atoms with van der Waals surface area (Å²) in [4.78, 5) is 37.2. The first-order valence-corrected chi connectivity index (χ1v) is 9.69. The molecule has 8 nitrogen and oxygen atoms in total. The molecule has 2 heterocycles. The number of hydrogen-bond acceptors (Lipinski definition) is 6. The maximum atomic E-state index is 12.5. The first-order chi connectivity index (χ1) is 13.0. The summed E-state index contributed by atoms with van der Waals surface area (Å²) in [5.74, 6) is -2.03. The van der Waals surface area contributed by atoms with Crippen LogP contribution in [-0.2, 0) is 28.9 Å². The van der Waals surface area contributed by atoms with Crippen molar-refractivity contribution in [2.45, 2.75) is 45.6 Å². The van der Waals surface area contributed by atoms with Crippen molar-refractivity contribution < 1.29 is 24.2 Å². The summed E-state index contributed by atoms with van der Waals surface area (Å²) in [6, 6.07) is 1.33. The van der Waals surface area contributed by atoms with Crippen LogP contribution in [0.4, 0.5) is 5.00 Å². The molecule has 2 aromatic heterocycles. The highest BCUT2D eigenvalue weighted by Crippen LogP contribution is 2.38. The molecule has 0 saturated heterocycles. The summed E-state index contributed by atoms with van der Waals surface area (Å²) in [6.07, 6.45) is 6.16. The molecule has 1 amide bonds. The zero-order valence-corrected chi connectivity index (χ0v) is 15.8. The van der Waals surface area contributed by atoms with E-state index in [1.54, 1.807) is 6.92 Å². The van der Waals surface area contributed by atoms with Crippen LogP contribution in [0.2, 0.25) is 0 Å². The quantitative estimate of drug-likeness (QED) is 0.579. The Balaban J connectivity index is 1.85. The molecule has 0 unspecified atom stereocenters. The van der Waals surface area contributed by atoms with Gasteiger partial charge in [-0.15, -0.1) is 11.3 Å². The van der Waals surface area contributed by atoms with Gasteiger partial charge in [0.05, 0.1) is 12.2 Å². The van der Waals surface area contributed by atoms with Crippen molar-refractivity contribution in [3.05, 3.63) is 34.0 Å². The molecular weight excluding hydrogens is 370 g/mol. The van der Waals surface area contributed by atoms with Crippen molar-refractivity contribution in [2.75, 3.05) is 11.9 Å². The number of amides is 1. The molecule has 144 valence electrons. The van der Waals surface area contributed by atoms with Gasteiger partial charge in [-0.05, 0) is 44.2 Å². The smallest absolute Gasteiger partial charge is 0.354 e. The van der Waals surface area contributed by atoms with E-state index >= 15 is 0 Å². The zero-order valence-electron chi connectivity index (χ0n) is 15.0. The Morgan fingerprint density at radius 2 is 2.07 bits per heavy atom. The van der Waals surface area contributed by atoms with Crippen LogP contribution in [0.3, 0.4) is 0 Å². The largest absolute Gasteiger partial charge is 0.477 e. The van der Waals surface area contributed by atoms with Gasteiger partial charge in [-0.1, -0.05) is 6.42 Å². The van der Waals surface area contributed by atoms with Gasteiger partial charge in [0.15, 0.2) is 0 Å². The van der Waals surface area contributed by atoms with Gasteiger partial charge in [-0.25, -0.2) is 14.3 Å². The minimum absolute atomic E-state index is 0.0715. The number of carboxylic acid groups (broad SMARTS) is 1. The molecule has 0 atom stereocenters. The minimum atomic E-state index is -1.16. The summed E-state index contributed by atoms with van der Waals surface area (Å²) in [7, 11) is 0. The molecule has 2 aromatic rings. The van der Waals surface area contributed by atoms with Crippen molar-refractivity contribution in [3.63, 3.8) is 0 Å². The van der Waals surface area contributed by atoms with Crippen LogP contribution in [0.15, 0.2) is 12.3 Å². The highest BCUT2D eigenvalue weighted by atomic mass is 32.1. The molecule has 0 aliphatic heterocycles. The van der Waals surface area contributed by atoms with Crippen LogP contribution in [0.5, 0.6) is 0 Å². The number of carboxylic acids is 1. The number of aromatic nitrogens is 2. The lowest BCUT2D eigenvalue weighted by molar-refractivity contribution is -0.116. The van der Waals surface area contributed by atoms with Crippen molar-refractivity contribution >= 4 is 34.2 Å². The van der Waals surface area contributed by atoms with E-state index in [1.165, 1.54) is 23.6 Å². The standard InChI is InChI=1S/C18H21N3O5S/c1-2-26-18(25)15-11-6-4-3-5-7-13(11)27-16(15)20-14(22)10-21-12(17(23)24)8-9-19-21/h8-9H,2-7,10H2,1H3,(H,20,22)(H,23,24). The number of fused-ring (bicyclic) bond motifs is 1. The normalized spacial score (nSPS) is 13.5. The zero-order chi connectivity index (χ0) is 19.4. The Bertz CT molecular complexity index is 870. The lowest BCUT2D eigenvalue weighted by Gasteiger charge is -2.09. The summed E-state index contributed by atoms with van der Waals surface area (Å²) in [5, 5.41) is 16.2. The van der Waals surface area contributed by atoms with Gasteiger partial charge in [-0.3, -0.25) is 4.79 Å². The Kier molecular flexibility index (Phi) is 5.90. The van der Waals surface area contributed by atoms with Gasteiger partial charge in [0.25, 0.3) is 0 Å². The third kappa shape index (κ3) is 4.19. The summed E-state index contributed by atoms with van der Waals surface area (Å²) in [6.45, 7) is 1.75. The second-order valence-electron chi connectivity index (χ2n) is 6.22. The van der Waals surface area contributed by atoms with E-state index in [9.17, 15) is 14.4 Å². The van der Waals surface area contributed by atoms with Gasteiger partial charge in [0.1, 0.15) is 17.2 Å². The predicted octanol–water partition coefficient (Wildman–Crippen LogP) is 2.73. The topological polar surface area (TPSA) is 111 Å². The van der Waals surface area contributed by atoms with Gasteiger partial charge in [-0.2, -0.15) is 5.10 Å². The van der Waals surface area contributed by atoms with E-state index in [2.05, 4.69) is 10.4 Å². The summed E-state index contributed by atoms with van der Waals surface area (Å²) >= 11 is 1.40. The highest BCUT2D eigenvalue weighted by molar-refractivity contribution is 7.17. The van der Waals surface area contributed by atoms with Crippen molar-refractivity contribution in [3.8, 4) is 0 Å². The number of nitrogens with zero attached hydrogens (tertiary/aromatic N) is 2. The Morgan fingerprint density at radius 3 is 2.81 bits per heavy atom. The fourth-order valence-corrected chi connectivity index (χ4v) is 4.49. The number of hydrogen-bond donors (Lipinski definition) is 2. The van der Waals surface area contributed by atoms with E-state index in [0.717, 1.165) is 47.2 Å². The van der Waals surface area contributed by atoms with Gasteiger partial charge in [0.2, 0.25) is 5.91 Å². The number of carbonyl (C=O) groups is 3. The predicted molar refractivity (Wildman–Crippen MR) is 99.4 cm³/mol. The maximum Gasteiger partial charge on any atom is 0.354 e. The molecule has 9 heteroatoms. The molecule has 0 saturated carbocycles. The summed E-state index contributed by atoms with van der Waals surface area (Å²) in [5.41, 5.74) is 1.33. The molecular formula is C18H21N3O5S. The van der Waals surface area contributed by atoms with Crippen LogP contribution in [0.1, 0.15) is 57.5 Å². The first kappa shape index (κ1) is 19.1. The second-order valence-corrected chi connectivity index (χ2v) is 7.32. The third-order valence-corrected chi connectivity index (χ3v) is 5.59. The number of esters is 1. The minimum Gasteiger partial charge on any atom is -0.477 e. The maximum absolute atomic E-state index is 12.5. The molecule has 0 bridgehead atoms. The fourth-order valence-electron chi connectivity index (χ4n) is 3.19.